The Morgan fingerprint density at radius 2 is 2.14 bits per heavy atom. The Kier molecular flexibility index (Phi) is 3.61. The maximum atomic E-state index is 6.11. The molecule has 2 N–H and O–H groups in total. The molecule has 0 amide bonds. The molecule has 3 rings (SSSR count). The maximum absolute atomic E-state index is 6.11. The molecule has 1 aliphatic rings. The molecule has 0 radical (unpaired) electrons. The molecule has 0 aromatic carbocycles. The van der Waals surface area contributed by atoms with E-state index in [4.69, 9.17) is 10.5 Å². The molecule has 114 valence electrons. The van der Waals surface area contributed by atoms with E-state index in [1.165, 1.54) is 0 Å². The Balaban J connectivity index is 1.89. The molecule has 5 heteroatoms. The van der Waals surface area contributed by atoms with Gasteiger partial charge in [0.15, 0.2) is 0 Å². The predicted octanol–water partition coefficient (Wildman–Crippen LogP) is 2.68. The van der Waals surface area contributed by atoms with Crippen LogP contribution in [-0.2, 0) is 5.41 Å². The van der Waals surface area contributed by atoms with E-state index in [2.05, 4.69) is 36.9 Å². The van der Waals surface area contributed by atoms with Crippen molar-refractivity contribution in [3.05, 3.63) is 24.2 Å². The van der Waals surface area contributed by atoms with Crippen LogP contribution in [0.5, 0.6) is 5.88 Å². The molecule has 0 saturated heterocycles. The molecule has 2 unspecified atom stereocenters. The van der Waals surface area contributed by atoms with Gasteiger partial charge in [-0.1, -0.05) is 20.8 Å². The van der Waals surface area contributed by atoms with Crippen molar-refractivity contribution in [2.45, 2.75) is 64.0 Å². The summed E-state index contributed by atoms with van der Waals surface area (Å²) in [4.78, 5) is 4.40. The first-order valence-electron chi connectivity index (χ1n) is 7.70. The van der Waals surface area contributed by atoms with E-state index in [9.17, 15) is 0 Å². The minimum absolute atomic E-state index is 0.0104. The number of hydrogen-bond acceptors (Lipinski definition) is 4. The van der Waals surface area contributed by atoms with Crippen molar-refractivity contribution in [2.75, 3.05) is 0 Å². The van der Waals surface area contributed by atoms with Crippen LogP contribution in [0.4, 0.5) is 0 Å². The van der Waals surface area contributed by atoms with E-state index in [-0.39, 0.29) is 17.6 Å². The van der Waals surface area contributed by atoms with Gasteiger partial charge in [0.05, 0.1) is 5.69 Å². The summed E-state index contributed by atoms with van der Waals surface area (Å²) >= 11 is 0. The molecule has 0 aliphatic heterocycles. The van der Waals surface area contributed by atoms with Crippen LogP contribution in [-0.4, -0.2) is 26.7 Å². The minimum Gasteiger partial charge on any atom is -0.473 e. The third-order valence-electron chi connectivity index (χ3n) is 4.07. The Morgan fingerprint density at radius 1 is 1.33 bits per heavy atom. The molecule has 2 aromatic heterocycles. The van der Waals surface area contributed by atoms with Gasteiger partial charge in [-0.3, -0.25) is 0 Å². The van der Waals surface area contributed by atoms with Crippen LogP contribution in [0.15, 0.2) is 18.5 Å². The van der Waals surface area contributed by atoms with Crippen molar-refractivity contribution < 1.29 is 4.74 Å². The van der Waals surface area contributed by atoms with E-state index in [0.717, 1.165) is 36.9 Å². The number of hydrogen-bond donors (Lipinski definition) is 1. The highest BCUT2D eigenvalue weighted by molar-refractivity contribution is 5.57. The second kappa shape index (κ2) is 5.30. The summed E-state index contributed by atoms with van der Waals surface area (Å²) in [6.45, 7) is 6.47. The molecule has 2 heterocycles. The lowest BCUT2D eigenvalue weighted by Gasteiger charge is -2.26. The quantitative estimate of drug-likeness (QED) is 0.922. The Bertz CT molecular complexity index is 629. The fourth-order valence-electron chi connectivity index (χ4n) is 2.80. The zero-order valence-corrected chi connectivity index (χ0v) is 13.0. The summed E-state index contributed by atoms with van der Waals surface area (Å²) in [6.07, 6.45) is 7.95. The third kappa shape index (κ3) is 3.02. The van der Waals surface area contributed by atoms with Crippen LogP contribution in [0.3, 0.4) is 0 Å². The summed E-state index contributed by atoms with van der Waals surface area (Å²) in [5, 5.41) is 4.62. The van der Waals surface area contributed by atoms with Gasteiger partial charge in [0.1, 0.15) is 11.6 Å². The van der Waals surface area contributed by atoms with Crippen LogP contribution in [0.25, 0.3) is 5.52 Å². The first-order chi connectivity index (χ1) is 9.93. The zero-order chi connectivity index (χ0) is 15.0. The average Bonchev–Trinajstić information content (AvgIpc) is 2.84. The van der Waals surface area contributed by atoms with Crippen molar-refractivity contribution in [1.82, 2.24) is 14.6 Å². The van der Waals surface area contributed by atoms with E-state index in [1.807, 2.05) is 10.7 Å². The maximum Gasteiger partial charge on any atom is 0.240 e. The Labute approximate surface area is 125 Å². The first kappa shape index (κ1) is 14.3. The molecular formula is C16H24N4O. The number of rotatable bonds is 2. The number of ether oxygens (including phenoxy) is 1. The number of fused-ring (bicyclic) bond motifs is 1. The number of nitrogens with zero attached hydrogens (tertiary/aromatic N) is 3. The van der Waals surface area contributed by atoms with Crippen molar-refractivity contribution in [2.24, 2.45) is 5.73 Å². The largest absolute Gasteiger partial charge is 0.473 e. The highest BCUT2D eigenvalue weighted by atomic mass is 16.5. The molecule has 0 spiro atoms. The van der Waals surface area contributed by atoms with Crippen LogP contribution < -0.4 is 10.5 Å². The lowest BCUT2D eigenvalue weighted by molar-refractivity contribution is 0.140. The number of nitrogens with two attached hydrogens (primary N) is 1. The van der Waals surface area contributed by atoms with Gasteiger partial charge < -0.3 is 10.5 Å². The van der Waals surface area contributed by atoms with E-state index < -0.39 is 0 Å². The van der Waals surface area contributed by atoms with Gasteiger partial charge >= 0.3 is 0 Å². The summed E-state index contributed by atoms with van der Waals surface area (Å²) in [7, 11) is 0. The molecule has 21 heavy (non-hydrogen) atoms. The minimum atomic E-state index is 0.0104. The van der Waals surface area contributed by atoms with E-state index >= 15 is 0 Å². The topological polar surface area (TPSA) is 65.4 Å². The Hall–Kier alpha value is -1.62. The molecule has 1 saturated carbocycles. The summed E-state index contributed by atoms with van der Waals surface area (Å²) < 4.78 is 7.97. The monoisotopic (exact) mass is 288 g/mol. The standard InChI is InChI=1S/C16H24N4O/c1-16(2,3)14-10-13-15(18-7-8-20(13)19-14)21-12-6-4-5-11(17)9-12/h7-8,10-12H,4-6,9,17H2,1-3H3. The van der Waals surface area contributed by atoms with E-state index in [0.29, 0.717) is 5.88 Å². The van der Waals surface area contributed by atoms with E-state index in [1.54, 1.807) is 6.20 Å². The Morgan fingerprint density at radius 3 is 2.86 bits per heavy atom. The van der Waals surface area contributed by atoms with Gasteiger partial charge in [0.25, 0.3) is 0 Å². The van der Waals surface area contributed by atoms with Crippen LogP contribution in [0, 0.1) is 0 Å². The highest BCUT2D eigenvalue weighted by Crippen LogP contribution is 2.28. The molecule has 1 aliphatic carbocycles. The molecule has 1 fully saturated rings. The lowest BCUT2D eigenvalue weighted by Crippen LogP contribution is -2.33. The average molecular weight is 288 g/mol. The second-order valence-corrected chi connectivity index (χ2v) is 7.01. The first-order valence-corrected chi connectivity index (χ1v) is 7.70. The van der Waals surface area contributed by atoms with Gasteiger partial charge in [-0.15, -0.1) is 0 Å². The summed E-state index contributed by atoms with van der Waals surface area (Å²) in [5.41, 5.74) is 8.02. The smallest absolute Gasteiger partial charge is 0.240 e. The lowest BCUT2D eigenvalue weighted by atomic mass is 9.92. The zero-order valence-electron chi connectivity index (χ0n) is 13.0. The van der Waals surface area contributed by atoms with Crippen LogP contribution >= 0.6 is 0 Å². The van der Waals surface area contributed by atoms with Crippen molar-refractivity contribution >= 4 is 5.52 Å². The molecule has 5 nitrogen and oxygen atoms in total. The SMILES string of the molecule is CC(C)(C)c1cc2c(OC3CCCC(N)C3)nccn2n1. The number of aromatic nitrogens is 3. The predicted molar refractivity (Wildman–Crippen MR) is 82.5 cm³/mol. The fourth-order valence-corrected chi connectivity index (χ4v) is 2.80. The van der Waals surface area contributed by atoms with Gasteiger partial charge in [-0.2, -0.15) is 5.10 Å². The molecular weight excluding hydrogens is 264 g/mol. The molecule has 2 atom stereocenters. The van der Waals surface area contributed by atoms with Gasteiger partial charge in [-0.25, -0.2) is 9.50 Å². The fraction of sp³-hybridized carbons (Fsp3) is 0.625. The van der Waals surface area contributed by atoms with Gasteiger partial charge in [0, 0.05) is 23.9 Å². The van der Waals surface area contributed by atoms with Crippen LogP contribution in [0.2, 0.25) is 0 Å². The molecule has 2 aromatic rings. The summed E-state index contributed by atoms with van der Waals surface area (Å²) in [6, 6.07) is 2.32. The third-order valence-corrected chi connectivity index (χ3v) is 4.07. The normalized spacial score (nSPS) is 23.4. The van der Waals surface area contributed by atoms with Crippen molar-refractivity contribution in [3.63, 3.8) is 0 Å². The summed E-state index contributed by atoms with van der Waals surface area (Å²) in [5.74, 6) is 0.666. The van der Waals surface area contributed by atoms with Crippen molar-refractivity contribution in [3.8, 4) is 5.88 Å². The highest BCUT2D eigenvalue weighted by Gasteiger charge is 2.23. The van der Waals surface area contributed by atoms with Crippen molar-refractivity contribution in [1.29, 1.82) is 0 Å². The molecule has 0 bridgehead atoms. The van der Waals surface area contributed by atoms with Gasteiger partial charge in [-0.05, 0) is 31.7 Å². The second-order valence-electron chi connectivity index (χ2n) is 7.01. The van der Waals surface area contributed by atoms with Gasteiger partial charge in [0.2, 0.25) is 5.88 Å². The van der Waals surface area contributed by atoms with Crippen LogP contribution in [0.1, 0.15) is 52.1 Å².